The summed E-state index contributed by atoms with van der Waals surface area (Å²) in [5, 5.41) is 0. The molecule has 0 aliphatic heterocycles. The van der Waals surface area contributed by atoms with Gasteiger partial charge in [-0.25, -0.2) is 28.1 Å². The molecule has 116 valence electrons. The number of allylic oxidation sites excluding steroid dienone is 2. The van der Waals surface area contributed by atoms with Gasteiger partial charge in [-0.15, -0.1) is 13.2 Å². The van der Waals surface area contributed by atoms with Crippen LogP contribution in [-0.4, -0.2) is 34.2 Å². The molecule has 1 aromatic rings. The minimum Gasteiger partial charge on any atom is -0.359 e. The Balaban J connectivity index is 3.31. The lowest BCUT2D eigenvalue weighted by atomic mass is 10.5. The molecule has 0 N–H and O–H groups in total. The summed E-state index contributed by atoms with van der Waals surface area (Å²) >= 11 is 0. The average molecular weight is 297 g/mol. The van der Waals surface area contributed by atoms with Crippen molar-refractivity contribution >= 4 is 0 Å². The normalized spacial score (nSPS) is 10.5. The quantitative estimate of drug-likeness (QED) is 0.337. The van der Waals surface area contributed by atoms with Gasteiger partial charge in [0, 0.05) is 7.11 Å². The zero-order valence-electron chi connectivity index (χ0n) is 12.0. The highest BCUT2D eigenvalue weighted by atomic mass is 16.7. The highest BCUT2D eigenvalue weighted by molar-refractivity contribution is 4.84. The van der Waals surface area contributed by atoms with Crippen molar-refractivity contribution in [2.75, 3.05) is 20.5 Å². The number of hydrogen-bond donors (Lipinski definition) is 0. The number of aromatic nitrogens is 3. The molecule has 1 heterocycles. The van der Waals surface area contributed by atoms with Crippen LogP contribution in [0.1, 0.15) is 0 Å². The highest BCUT2D eigenvalue weighted by Gasteiger charge is 2.13. The van der Waals surface area contributed by atoms with Crippen molar-refractivity contribution in [2.45, 2.75) is 19.6 Å². The van der Waals surface area contributed by atoms with Gasteiger partial charge in [0.05, 0.1) is 26.2 Å². The van der Waals surface area contributed by atoms with Gasteiger partial charge in [-0.1, -0.05) is 12.2 Å². The van der Waals surface area contributed by atoms with E-state index in [4.69, 9.17) is 9.47 Å². The van der Waals surface area contributed by atoms with Crippen LogP contribution in [0.2, 0.25) is 0 Å². The van der Waals surface area contributed by atoms with Crippen LogP contribution in [0.3, 0.4) is 0 Å². The van der Waals surface area contributed by atoms with E-state index in [-0.39, 0.29) is 33.0 Å². The molecule has 0 saturated heterocycles. The fourth-order valence-corrected chi connectivity index (χ4v) is 1.74. The van der Waals surface area contributed by atoms with E-state index in [9.17, 15) is 14.4 Å². The SMILES string of the molecule is C=CCn1c(=O)n(CC=C)c(=O)n(CCOCOC)c1=O. The fraction of sp³-hybridized carbons (Fsp3) is 0.462. The van der Waals surface area contributed by atoms with Crippen molar-refractivity contribution < 1.29 is 9.47 Å². The number of hydrogen-bond acceptors (Lipinski definition) is 5. The van der Waals surface area contributed by atoms with E-state index in [2.05, 4.69) is 13.2 Å². The summed E-state index contributed by atoms with van der Waals surface area (Å²) in [4.78, 5) is 36.4. The van der Waals surface area contributed by atoms with Crippen molar-refractivity contribution in [3.63, 3.8) is 0 Å². The molecule has 0 atom stereocenters. The molecule has 8 heteroatoms. The Morgan fingerprint density at radius 3 is 1.86 bits per heavy atom. The van der Waals surface area contributed by atoms with E-state index in [1.807, 2.05) is 0 Å². The van der Waals surface area contributed by atoms with E-state index in [0.29, 0.717) is 0 Å². The molecule has 0 saturated carbocycles. The predicted octanol–water partition coefficient (Wildman–Crippen LogP) is -0.836. The molecular formula is C13H19N3O5. The Hall–Kier alpha value is -2.19. The lowest BCUT2D eigenvalue weighted by Crippen LogP contribution is -2.54. The van der Waals surface area contributed by atoms with Crippen LogP contribution in [0.4, 0.5) is 0 Å². The average Bonchev–Trinajstić information content (AvgIpc) is 2.47. The van der Waals surface area contributed by atoms with Crippen molar-refractivity contribution in [1.29, 1.82) is 0 Å². The first-order chi connectivity index (χ1) is 10.1. The van der Waals surface area contributed by atoms with Gasteiger partial charge in [0.2, 0.25) is 0 Å². The summed E-state index contributed by atoms with van der Waals surface area (Å²) in [6, 6.07) is 0. The largest absolute Gasteiger partial charge is 0.359 e. The molecule has 8 nitrogen and oxygen atoms in total. The standard InChI is InChI=1S/C13H19N3O5/c1-4-6-14-11(17)15(7-5-2)13(19)16(12(14)18)8-9-21-10-20-3/h4-5H,1-2,6-10H2,3H3. The topological polar surface area (TPSA) is 84.5 Å². The van der Waals surface area contributed by atoms with Gasteiger partial charge in [0.1, 0.15) is 6.79 Å². The first-order valence-corrected chi connectivity index (χ1v) is 6.31. The Morgan fingerprint density at radius 2 is 1.43 bits per heavy atom. The Morgan fingerprint density at radius 1 is 0.952 bits per heavy atom. The van der Waals surface area contributed by atoms with Gasteiger partial charge in [0.15, 0.2) is 0 Å². The Kier molecular flexibility index (Phi) is 6.57. The van der Waals surface area contributed by atoms with E-state index in [1.54, 1.807) is 0 Å². The molecule has 0 aliphatic carbocycles. The van der Waals surface area contributed by atoms with E-state index in [1.165, 1.54) is 19.3 Å². The van der Waals surface area contributed by atoms with E-state index in [0.717, 1.165) is 13.7 Å². The second-order valence-electron chi connectivity index (χ2n) is 4.11. The molecule has 0 bridgehead atoms. The number of ether oxygens (including phenoxy) is 2. The molecule has 0 spiro atoms. The van der Waals surface area contributed by atoms with E-state index >= 15 is 0 Å². The third-order valence-corrected chi connectivity index (χ3v) is 2.67. The zero-order chi connectivity index (χ0) is 15.8. The van der Waals surface area contributed by atoms with Crippen LogP contribution >= 0.6 is 0 Å². The van der Waals surface area contributed by atoms with Crippen LogP contribution in [-0.2, 0) is 29.1 Å². The van der Waals surface area contributed by atoms with Gasteiger partial charge in [0.25, 0.3) is 0 Å². The molecule has 0 aromatic carbocycles. The minimum atomic E-state index is -0.689. The molecule has 0 amide bonds. The Bertz CT molecular complexity index is 620. The smallest absolute Gasteiger partial charge is 0.336 e. The second-order valence-corrected chi connectivity index (χ2v) is 4.11. The third-order valence-electron chi connectivity index (χ3n) is 2.67. The van der Waals surface area contributed by atoms with Gasteiger partial charge in [-0.2, -0.15) is 0 Å². The lowest BCUT2D eigenvalue weighted by molar-refractivity contribution is -0.0336. The van der Waals surface area contributed by atoms with Crippen LogP contribution in [0.5, 0.6) is 0 Å². The van der Waals surface area contributed by atoms with Gasteiger partial charge < -0.3 is 9.47 Å². The third kappa shape index (κ3) is 3.89. The lowest BCUT2D eigenvalue weighted by Gasteiger charge is -2.12. The first kappa shape index (κ1) is 16.9. The van der Waals surface area contributed by atoms with Crippen LogP contribution in [0, 0.1) is 0 Å². The summed E-state index contributed by atoms with van der Waals surface area (Å²) in [6.07, 6.45) is 2.83. The predicted molar refractivity (Wildman–Crippen MR) is 77.4 cm³/mol. The van der Waals surface area contributed by atoms with Crippen molar-refractivity contribution in [2.24, 2.45) is 0 Å². The molecule has 0 fully saturated rings. The molecule has 1 aromatic heterocycles. The number of nitrogens with zero attached hydrogens (tertiary/aromatic N) is 3. The van der Waals surface area contributed by atoms with Crippen LogP contribution in [0.15, 0.2) is 39.7 Å². The molecular weight excluding hydrogens is 278 g/mol. The number of rotatable bonds is 9. The highest BCUT2D eigenvalue weighted by Crippen LogP contribution is 1.81. The molecule has 0 aliphatic rings. The minimum absolute atomic E-state index is 0.0218. The maximum Gasteiger partial charge on any atom is 0.336 e. The van der Waals surface area contributed by atoms with Gasteiger partial charge >= 0.3 is 17.1 Å². The van der Waals surface area contributed by atoms with E-state index < -0.39 is 17.1 Å². The Labute approximate surface area is 121 Å². The molecule has 1 rings (SSSR count). The monoisotopic (exact) mass is 297 g/mol. The maximum atomic E-state index is 12.2. The van der Waals surface area contributed by atoms with Crippen LogP contribution in [0.25, 0.3) is 0 Å². The maximum absolute atomic E-state index is 12.2. The van der Waals surface area contributed by atoms with Crippen molar-refractivity contribution in [1.82, 2.24) is 13.7 Å². The number of methoxy groups -OCH3 is 1. The van der Waals surface area contributed by atoms with Crippen molar-refractivity contribution in [3.05, 3.63) is 56.8 Å². The molecule has 0 unspecified atom stereocenters. The van der Waals surface area contributed by atoms with Crippen molar-refractivity contribution in [3.8, 4) is 0 Å². The van der Waals surface area contributed by atoms with Gasteiger partial charge in [-0.05, 0) is 0 Å². The first-order valence-electron chi connectivity index (χ1n) is 6.31. The molecule has 0 radical (unpaired) electrons. The zero-order valence-corrected chi connectivity index (χ0v) is 12.0. The summed E-state index contributed by atoms with van der Waals surface area (Å²) < 4.78 is 12.6. The summed E-state index contributed by atoms with van der Waals surface area (Å²) in [6.45, 7) is 7.23. The van der Waals surface area contributed by atoms with Crippen LogP contribution < -0.4 is 17.1 Å². The second kappa shape index (κ2) is 8.18. The fourth-order valence-electron chi connectivity index (χ4n) is 1.74. The van der Waals surface area contributed by atoms with Gasteiger partial charge in [-0.3, -0.25) is 0 Å². The molecule has 21 heavy (non-hydrogen) atoms. The summed E-state index contributed by atoms with van der Waals surface area (Å²) in [5.41, 5.74) is -2.06. The summed E-state index contributed by atoms with van der Waals surface area (Å²) in [7, 11) is 1.47. The summed E-state index contributed by atoms with van der Waals surface area (Å²) in [5.74, 6) is 0.